The molecule has 0 aromatic carbocycles. The first-order chi connectivity index (χ1) is 6.95. The second-order valence-electron chi connectivity index (χ2n) is 4.15. The SMILES string of the molecule is CCC(C)(N)c1nc(CSC(C)C)no1. The van der Waals surface area contributed by atoms with E-state index >= 15 is 0 Å². The van der Waals surface area contributed by atoms with E-state index in [1.165, 1.54) is 0 Å². The highest BCUT2D eigenvalue weighted by Crippen LogP contribution is 2.21. The molecule has 1 rings (SSSR count). The third-order valence-electron chi connectivity index (χ3n) is 2.24. The average Bonchev–Trinajstić information content (AvgIpc) is 2.63. The maximum absolute atomic E-state index is 6.00. The van der Waals surface area contributed by atoms with E-state index in [9.17, 15) is 0 Å². The van der Waals surface area contributed by atoms with Crippen LogP contribution < -0.4 is 5.73 Å². The zero-order chi connectivity index (χ0) is 11.5. The van der Waals surface area contributed by atoms with Crippen LogP contribution in [0.4, 0.5) is 0 Å². The molecule has 86 valence electrons. The Hall–Kier alpha value is -0.550. The highest BCUT2D eigenvalue weighted by Gasteiger charge is 2.25. The zero-order valence-electron chi connectivity index (χ0n) is 9.78. The first kappa shape index (κ1) is 12.5. The minimum absolute atomic E-state index is 0.506. The lowest BCUT2D eigenvalue weighted by atomic mass is 10.0. The number of aromatic nitrogens is 2. The molecule has 0 radical (unpaired) electrons. The third kappa shape index (κ3) is 3.50. The van der Waals surface area contributed by atoms with E-state index in [0.717, 1.165) is 18.0 Å². The Kier molecular flexibility index (Phi) is 4.16. The maximum atomic E-state index is 6.00. The molecule has 0 aliphatic heterocycles. The predicted octanol–water partition coefficient (Wildman–Crippen LogP) is 2.30. The van der Waals surface area contributed by atoms with Gasteiger partial charge in [0.05, 0.1) is 11.3 Å². The van der Waals surface area contributed by atoms with Crippen molar-refractivity contribution in [2.24, 2.45) is 5.73 Å². The molecule has 1 aromatic heterocycles. The summed E-state index contributed by atoms with van der Waals surface area (Å²) < 4.78 is 5.15. The number of hydrogen-bond acceptors (Lipinski definition) is 5. The smallest absolute Gasteiger partial charge is 0.246 e. The van der Waals surface area contributed by atoms with Crippen molar-refractivity contribution in [2.45, 2.75) is 50.7 Å². The van der Waals surface area contributed by atoms with Crippen molar-refractivity contribution in [3.05, 3.63) is 11.7 Å². The number of hydrogen-bond donors (Lipinski definition) is 1. The van der Waals surface area contributed by atoms with Crippen LogP contribution in [0.1, 0.15) is 45.8 Å². The lowest BCUT2D eigenvalue weighted by Gasteiger charge is -2.16. The fourth-order valence-corrected chi connectivity index (χ4v) is 1.54. The van der Waals surface area contributed by atoms with Crippen molar-refractivity contribution in [1.82, 2.24) is 10.1 Å². The summed E-state index contributed by atoms with van der Waals surface area (Å²) >= 11 is 1.79. The van der Waals surface area contributed by atoms with E-state index in [0.29, 0.717) is 11.1 Å². The molecule has 0 spiro atoms. The van der Waals surface area contributed by atoms with E-state index in [1.54, 1.807) is 11.8 Å². The molecule has 0 saturated carbocycles. The summed E-state index contributed by atoms with van der Waals surface area (Å²) in [5, 5.41) is 4.49. The molecule has 1 heterocycles. The van der Waals surface area contributed by atoms with Gasteiger partial charge in [0.15, 0.2) is 5.82 Å². The summed E-state index contributed by atoms with van der Waals surface area (Å²) in [4.78, 5) is 4.30. The summed E-state index contributed by atoms with van der Waals surface area (Å²) in [6, 6.07) is 0. The van der Waals surface area contributed by atoms with Crippen molar-refractivity contribution in [3.8, 4) is 0 Å². The molecule has 0 aliphatic carbocycles. The zero-order valence-corrected chi connectivity index (χ0v) is 10.6. The van der Waals surface area contributed by atoms with Gasteiger partial charge in [-0.2, -0.15) is 16.7 Å². The molecular formula is C10H19N3OS. The second-order valence-corrected chi connectivity index (χ2v) is 5.71. The van der Waals surface area contributed by atoms with Crippen LogP contribution >= 0.6 is 11.8 Å². The lowest BCUT2D eigenvalue weighted by molar-refractivity contribution is 0.290. The first-order valence-corrected chi connectivity index (χ1v) is 6.24. The maximum Gasteiger partial charge on any atom is 0.246 e. The van der Waals surface area contributed by atoms with Gasteiger partial charge in [0.25, 0.3) is 0 Å². The molecule has 0 amide bonds. The van der Waals surface area contributed by atoms with Crippen LogP contribution in [0, 0.1) is 0 Å². The largest absolute Gasteiger partial charge is 0.337 e. The van der Waals surface area contributed by atoms with E-state index in [-0.39, 0.29) is 0 Å². The predicted molar refractivity (Wildman–Crippen MR) is 62.6 cm³/mol. The molecule has 1 atom stereocenters. The molecule has 0 saturated heterocycles. The molecular weight excluding hydrogens is 210 g/mol. The van der Waals surface area contributed by atoms with Gasteiger partial charge >= 0.3 is 0 Å². The highest BCUT2D eigenvalue weighted by molar-refractivity contribution is 7.99. The van der Waals surface area contributed by atoms with E-state index < -0.39 is 5.54 Å². The topological polar surface area (TPSA) is 64.9 Å². The molecule has 0 fully saturated rings. The van der Waals surface area contributed by atoms with Gasteiger partial charge in [0.2, 0.25) is 5.89 Å². The van der Waals surface area contributed by atoms with Crippen molar-refractivity contribution >= 4 is 11.8 Å². The molecule has 1 unspecified atom stereocenters. The first-order valence-electron chi connectivity index (χ1n) is 5.19. The molecule has 1 aromatic rings. The summed E-state index contributed by atoms with van der Waals surface area (Å²) in [5.41, 5.74) is 5.50. The Balaban J connectivity index is 2.64. The van der Waals surface area contributed by atoms with Gasteiger partial charge in [0.1, 0.15) is 0 Å². The van der Waals surface area contributed by atoms with Crippen LogP contribution in [0.15, 0.2) is 4.52 Å². The van der Waals surface area contributed by atoms with Crippen molar-refractivity contribution < 1.29 is 4.52 Å². The summed E-state index contributed by atoms with van der Waals surface area (Å²) in [6.07, 6.45) is 0.784. The average molecular weight is 229 g/mol. The van der Waals surface area contributed by atoms with Gasteiger partial charge in [0, 0.05) is 0 Å². The van der Waals surface area contributed by atoms with E-state index in [4.69, 9.17) is 10.3 Å². The van der Waals surface area contributed by atoms with Crippen LogP contribution in [0.25, 0.3) is 0 Å². The highest BCUT2D eigenvalue weighted by atomic mass is 32.2. The van der Waals surface area contributed by atoms with E-state index in [2.05, 4.69) is 24.0 Å². The minimum atomic E-state index is -0.506. The Bertz CT molecular complexity index is 309. The van der Waals surface area contributed by atoms with Crippen LogP contribution in [0.3, 0.4) is 0 Å². The van der Waals surface area contributed by atoms with Crippen molar-refractivity contribution in [3.63, 3.8) is 0 Å². The number of thioether (sulfide) groups is 1. The Labute approximate surface area is 95.0 Å². The van der Waals surface area contributed by atoms with Crippen molar-refractivity contribution in [2.75, 3.05) is 0 Å². The van der Waals surface area contributed by atoms with Crippen LogP contribution in [0.5, 0.6) is 0 Å². The van der Waals surface area contributed by atoms with Crippen molar-refractivity contribution in [1.29, 1.82) is 0 Å². The molecule has 2 N–H and O–H groups in total. The van der Waals surface area contributed by atoms with Crippen LogP contribution in [0.2, 0.25) is 0 Å². The summed E-state index contributed by atoms with van der Waals surface area (Å²) in [5.74, 6) is 2.04. The lowest BCUT2D eigenvalue weighted by Crippen LogP contribution is -2.32. The number of rotatable bonds is 5. The Morgan fingerprint density at radius 2 is 2.20 bits per heavy atom. The number of nitrogens with zero attached hydrogens (tertiary/aromatic N) is 2. The monoisotopic (exact) mass is 229 g/mol. The van der Waals surface area contributed by atoms with Gasteiger partial charge < -0.3 is 10.3 Å². The molecule has 5 heteroatoms. The minimum Gasteiger partial charge on any atom is -0.337 e. The Morgan fingerprint density at radius 3 is 2.73 bits per heavy atom. The Morgan fingerprint density at radius 1 is 1.53 bits per heavy atom. The molecule has 0 aliphatic rings. The molecule has 4 nitrogen and oxygen atoms in total. The fraction of sp³-hybridized carbons (Fsp3) is 0.800. The summed E-state index contributed by atoms with van der Waals surface area (Å²) in [7, 11) is 0. The fourth-order valence-electron chi connectivity index (χ4n) is 0.937. The quantitative estimate of drug-likeness (QED) is 0.839. The molecule has 0 bridgehead atoms. The third-order valence-corrected chi connectivity index (χ3v) is 3.33. The summed E-state index contributed by atoms with van der Waals surface area (Å²) in [6.45, 7) is 8.20. The standard InChI is InChI=1S/C10H19N3OS/c1-5-10(4,11)9-12-8(13-14-9)6-15-7(2)3/h7H,5-6,11H2,1-4H3. The van der Waals surface area contributed by atoms with Gasteiger partial charge in [-0.15, -0.1) is 0 Å². The second kappa shape index (κ2) is 4.99. The van der Waals surface area contributed by atoms with Gasteiger partial charge in [-0.05, 0) is 18.6 Å². The van der Waals surface area contributed by atoms with E-state index in [1.807, 2.05) is 13.8 Å². The van der Waals surface area contributed by atoms with Crippen LogP contribution in [-0.4, -0.2) is 15.4 Å². The van der Waals surface area contributed by atoms with Crippen LogP contribution in [-0.2, 0) is 11.3 Å². The number of nitrogens with two attached hydrogens (primary N) is 1. The van der Waals surface area contributed by atoms with Gasteiger partial charge in [-0.25, -0.2) is 0 Å². The van der Waals surface area contributed by atoms with Gasteiger partial charge in [-0.1, -0.05) is 25.9 Å². The molecule has 15 heavy (non-hydrogen) atoms. The van der Waals surface area contributed by atoms with Gasteiger partial charge in [-0.3, -0.25) is 0 Å². The normalized spacial score (nSPS) is 15.6.